The van der Waals surface area contributed by atoms with E-state index in [1.807, 2.05) is 0 Å². The van der Waals surface area contributed by atoms with Crippen molar-refractivity contribution in [1.29, 1.82) is 5.26 Å². The highest BCUT2D eigenvalue weighted by atomic mass is 32.2. The zero-order valence-corrected chi connectivity index (χ0v) is 11.2. The molecule has 0 aromatic carbocycles. The Morgan fingerprint density at radius 3 is 2.39 bits per heavy atom. The van der Waals surface area contributed by atoms with E-state index in [1.54, 1.807) is 4.90 Å². The third kappa shape index (κ3) is 2.66. The van der Waals surface area contributed by atoms with E-state index in [0.29, 0.717) is 38.8 Å². The molecule has 1 unspecified atom stereocenters. The molecule has 18 heavy (non-hydrogen) atoms. The summed E-state index contributed by atoms with van der Waals surface area (Å²) in [5, 5.41) is 7.97. The van der Waals surface area contributed by atoms with Crippen LogP contribution in [0, 0.1) is 17.2 Å². The number of nitrogens with zero attached hydrogens (tertiary/aromatic N) is 2. The SMILES string of the molecule is N#CC1CCN(C(=O)C2CCCCS2(=O)=O)CC1. The van der Waals surface area contributed by atoms with E-state index in [9.17, 15) is 13.2 Å². The van der Waals surface area contributed by atoms with Crippen molar-refractivity contribution in [2.45, 2.75) is 37.4 Å². The minimum atomic E-state index is -3.25. The van der Waals surface area contributed by atoms with E-state index in [2.05, 4.69) is 6.07 Å². The lowest BCUT2D eigenvalue weighted by Gasteiger charge is -2.33. The molecule has 2 fully saturated rings. The number of carbonyl (C=O) groups is 1. The summed E-state index contributed by atoms with van der Waals surface area (Å²) in [6.45, 7) is 1.03. The molecule has 6 heteroatoms. The maximum absolute atomic E-state index is 12.2. The van der Waals surface area contributed by atoms with Crippen LogP contribution in [-0.4, -0.2) is 43.3 Å². The van der Waals surface area contributed by atoms with Gasteiger partial charge in [0, 0.05) is 19.0 Å². The predicted molar refractivity (Wildman–Crippen MR) is 66.3 cm³/mol. The van der Waals surface area contributed by atoms with Gasteiger partial charge in [-0.2, -0.15) is 5.26 Å². The first-order chi connectivity index (χ1) is 8.54. The molecule has 0 aromatic heterocycles. The largest absolute Gasteiger partial charge is 0.341 e. The molecule has 0 saturated carbocycles. The second-order valence-electron chi connectivity index (χ2n) is 5.08. The molecule has 0 bridgehead atoms. The van der Waals surface area contributed by atoms with E-state index in [1.165, 1.54) is 0 Å². The second kappa shape index (κ2) is 5.27. The Morgan fingerprint density at radius 2 is 1.83 bits per heavy atom. The molecular formula is C12H18N2O3S. The van der Waals surface area contributed by atoms with Crippen LogP contribution < -0.4 is 0 Å². The molecule has 2 aliphatic heterocycles. The van der Waals surface area contributed by atoms with Gasteiger partial charge in [-0.05, 0) is 25.7 Å². The Hall–Kier alpha value is -1.09. The first-order valence-electron chi connectivity index (χ1n) is 6.44. The second-order valence-corrected chi connectivity index (χ2v) is 7.38. The Morgan fingerprint density at radius 1 is 1.17 bits per heavy atom. The van der Waals surface area contributed by atoms with Crippen molar-refractivity contribution >= 4 is 15.7 Å². The van der Waals surface area contributed by atoms with Crippen LogP contribution in [0.2, 0.25) is 0 Å². The van der Waals surface area contributed by atoms with Crippen LogP contribution in [0.5, 0.6) is 0 Å². The highest BCUT2D eigenvalue weighted by molar-refractivity contribution is 7.92. The topological polar surface area (TPSA) is 78.2 Å². The Bertz CT molecular complexity index is 458. The van der Waals surface area contributed by atoms with Gasteiger partial charge >= 0.3 is 0 Å². The van der Waals surface area contributed by atoms with Crippen LogP contribution in [-0.2, 0) is 14.6 Å². The standard InChI is InChI=1S/C12H18N2O3S/c13-9-10-4-6-14(7-5-10)12(15)11-3-1-2-8-18(11,16)17/h10-11H,1-8H2. The minimum absolute atomic E-state index is 0.0111. The fourth-order valence-corrected chi connectivity index (χ4v) is 4.54. The average Bonchev–Trinajstić information content (AvgIpc) is 2.37. The van der Waals surface area contributed by atoms with E-state index >= 15 is 0 Å². The lowest BCUT2D eigenvalue weighted by molar-refractivity contribution is -0.132. The number of likely N-dealkylation sites (tertiary alicyclic amines) is 1. The van der Waals surface area contributed by atoms with Gasteiger partial charge in [0.15, 0.2) is 9.84 Å². The molecule has 2 saturated heterocycles. The molecule has 0 aliphatic carbocycles. The Kier molecular flexibility index (Phi) is 3.91. The summed E-state index contributed by atoms with van der Waals surface area (Å²) in [4.78, 5) is 13.9. The molecule has 0 spiro atoms. The summed E-state index contributed by atoms with van der Waals surface area (Å²) in [6.07, 6.45) is 3.26. The third-order valence-electron chi connectivity index (χ3n) is 3.84. The summed E-state index contributed by atoms with van der Waals surface area (Å²) >= 11 is 0. The van der Waals surface area contributed by atoms with Crippen molar-refractivity contribution in [2.75, 3.05) is 18.8 Å². The molecule has 2 heterocycles. The van der Waals surface area contributed by atoms with Crippen LogP contribution in [0.15, 0.2) is 0 Å². The van der Waals surface area contributed by atoms with Gasteiger partial charge in [-0.25, -0.2) is 8.42 Å². The van der Waals surface area contributed by atoms with Gasteiger partial charge in [0.05, 0.1) is 11.8 Å². The summed E-state index contributed by atoms with van der Waals surface area (Å²) in [7, 11) is -3.25. The summed E-state index contributed by atoms with van der Waals surface area (Å²) in [5.41, 5.74) is 0. The molecule has 1 amide bonds. The van der Waals surface area contributed by atoms with Crippen molar-refractivity contribution in [3.63, 3.8) is 0 Å². The molecule has 0 N–H and O–H groups in total. The van der Waals surface area contributed by atoms with Gasteiger partial charge in [0.1, 0.15) is 5.25 Å². The smallest absolute Gasteiger partial charge is 0.240 e. The normalized spacial score (nSPS) is 28.6. The molecule has 1 atom stereocenters. The number of nitriles is 1. The van der Waals surface area contributed by atoms with Gasteiger partial charge in [-0.15, -0.1) is 0 Å². The molecule has 100 valence electrons. The van der Waals surface area contributed by atoms with Crippen LogP contribution >= 0.6 is 0 Å². The summed E-state index contributed by atoms with van der Waals surface area (Å²) < 4.78 is 23.8. The quantitative estimate of drug-likeness (QED) is 0.703. The van der Waals surface area contributed by atoms with Crippen LogP contribution in [0.3, 0.4) is 0 Å². The summed E-state index contributed by atoms with van der Waals surface area (Å²) in [5.74, 6) is -0.0963. The molecule has 0 radical (unpaired) electrons. The van der Waals surface area contributed by atoms with Gasteiger partial charge in [0.2, 0.25) is 5.91 Å². The molecule has 5 nitrogen and oxygen atoms in total. The molecule has 2 rings (SSSR count). The predicted octanol–water partition coefficient (Wildman–Crippen LogP) is 0.716. The van der Waals surface area contributed by atoms with Gasteiger partial charge in [-0.3, -0.25) is 4.79 Å². The van der Waals surface area contributed by atoms with Crippen LogP contribution in [0.4, 0.5) is 0 Å². The van der Waals surface area contributed by atoms with Crippen molar-refractivity contribution in [2.24, 2.45) is 5.92 Å². The van der Waals surface area contributed by atoms with E-state index in [0.717, 1.165) is 6.42 Å². The summed E-state index contributed by atoms with van der Waals surface area (Å²) in [6, 6.07) is 2.20. The van der Waals surface area contributed by atoms with Crippen LogP contribution in [0.1, 0.15) is 32.1 Å². The van der Waals surface area contributed by atoms with Crippen molar-refractivity contribution in [1.82, 2.24) is 4.90 Å². The fourth-order valence-electron chi connectivity index (χ4n) is 2.66. The van der Waals surface area contributed by atoms with E-state index in [-0.39, 0.29) is 17.6 Å². The first kappa shape index (κ1) is 13.3. The van der Waals surface area contributed by atoms with Crippen LogP contribution in [0.25, 0.3) is 0 Å². The monoisotopic (exact) mass is 270 g/mol. The average molecular weight is 270 g/mol. The Labute approximate surface area is 108 Å². The Balaban J connectivity index is 2.02. The van der Waals surface area contributed by atoms with Gasteiger partial charge in [0.25, 0.3) is 0 Å². The number of carbonyl (C=O) groups excluding carboxylic acids is 1. The van der Waals surface area contributed by atoms with Crippen molar-refractivity contribution < 1.29 is 13.2 Å². The first-order valence-corrected chi connectivity index (χ1v) is 8.16. The minimum Gasteiger partial charge on any atom is -0.341 e. The zero-order chi connectivity index (χ0) is 13.2. The number of piperidine rings is 1. The van der Waals surface area contributed by atoms with Crippen molar-refractivity contribution in [3.05, 3.63) is 0 Å². The number of hydrogen-bond acceptors (Lipinski definition) is 4. The maximum Gasteiger partial charge on any atom is 0.240 e. The zero-order valence-electron chi connectivity index (χ0n) is 10.3. The third-order valence-corrected chi connectivity index (χ3v) is 6.01. The molecule has 0 aromatic rings. The van der Waals surface area contributed by atoms with Gasteiger partial charge in [-0.1, -0.05) is 6.42 Å². The number of rotatable bonds is 1. The molecular weight excluding hydrogens is 252 g/mol. The van der Waals surface area contributed by atoms with E-state index in [4.69, 9.17) is 5.26 Å². The highest BCUT2D eigenvalue weighted by Gasteiger charge is 2.38. The number of sulfone groups is 1. The number of hydrogen-bond donors (Lipinski definition) is 0. The lowest BCUT2D eigenvalue weighted by Crippen LogP contribution is -2.48. The number of amides is 1. The fraction of sp³-hybridized carbons (Fsp3) is 0.833. The highest BCUT2D eigenvalue weighted by Crippen LogP contribution is 2.24. The lowest BCUT2D eigenvalue weighted by atomic mass is 9.98. The van der Waals surface area contributed by atoms with E-state index < -0.39 is 15.1 Å². The van der Waals surface area contributed by atoms with Gasteiger partial charge < -0.3 is 4.90 Å². The van der Waals surface area contributed by atoms with Crippen molar-refractivity contribution in [3.8, 4) is 6.07 Å². The maximum atomic E-state index is 12.2. The molecule has 2 aliphatic rings.